The molecule has 3 aliphatic rings. The molecule has 0 spiro atoms. The molecule has 3 N–H and O–H groups in total. The summed E-state index contributed by atoms with van der Waals surface area (Å²) in [6, 6.07) is 8.34. The van der Waals surface area contributed by atoms with Crippen molar-refractivity contribution in [1.29, 1.82) is 0 Å². The Labute approximate surface area is 176 Å². The maximum atomic E-state index is 12.0. The monoisotopic (exact) mass is 443 g/mol. The largest absolute Gasteiger partial charge is 0.490 e. The number of urea groups is 1. The normalized spacial score (nSPS) is 20.5. The van der Waals surface area contributed by atoms with Crippen LogP contribution in [-0.4, -0.2) is 85.9 Å². The Morgan fingerprint density at radius 1 is 1.06 bits per heavy atom. The maximum absolute atomic E-state index is 12.0. The second-order valence-corrected chi connectivity index (χ2v) is 7.42. The summed E-state index contributed by atoms with van der Waals surface area (Å²) in [5, 5.41) is 12.9. The maximum Gasteiger partial charge on any atom is 0.490 e. The van der Waals surface area contributed by atoms with Gasteiger partial charge in [-0.1, -0.05) is 6.07 Å². The van der Waals surface area contributed by atoms with Crippen LogP contribution in [0.3, 0.4) is 0 Å². The van der Waals surface area contributed by atoms with Crippen molar-refractivity contribution in [3.8, 4) is 0 Å². The van der Waals surface area contributed by atoms with Crippen LogP contribution in [0.4, 0.5) is 29.3 Å². The first kappa shape index (κ1) is 22.8. The van der Waals surface area contributed by atoms with Gasteiger partial charge in [-0.05, 0) is 18.2 Å². The Morgan fingerprint density at radius 2 is 1.68 bits per heavy atom. The zero-order valence-electron chi connectivity index (χ0n) is 16.7. The summed E-state index contributed by atoms with van der Waals surface area (Å²) in [5.74, 6) is -2.96. The van der Waals surface area contributed by atoms with Gasteiger partial charge in [-0.3, -0.25) is 19.9 Å². The van der Waals surface area contributed by atoms with Gasteiger partial charge in [-0.25, -0.2) is 9.59 Å². The number of carbonyl (C=O) groups excluding carboxylic acids is 2. The summed E-state index contributed by atoms with van der Waals surface area (Å²) in [6.45, 7) is 6.92. The van der Waals surface area contributed by atoms with E-state index in [0.717, 1.165) is 50.6 Å². The molecule has 3 heterocycles. The number of benzene rings is 1. The number of hydrogen-bond acceptors (Lipinski definition) is 6. The molecule has 0 radical (unpaired) electrons. The zero-order valence-corrected chi connectivity index (χ0v) is 16.7. The van der Waals surface area contributed by atoms with Crippen molar-refractivity contribution in [3.63, 3.8) is 0 Å². The third kappa shape index (κ3) is 5.85. The van der Waals surface area contributed by atoms with Crippen molar-refractivity contribution in [2.75, 3.05) is 55.6 Å². The van der Waals surface area contributed by atoms with Crippen LogP contribution < -0.4 is 20.4 Å². The first-order valence-corrected chi connectivity index (χ1v) is 9.86. The number of rotatable bonds is 3. The van der Waals surface area contributed by atoms with Gasteiger partial charge >= 0.3 is 18.2 Å². The van der Waals surface area contributed by atoms with Crippen molar-refractivity contribution in [2.45, 2.75) is 18.6 Å². The van der Waals surface area contributed by atoms with Crippen LogP contribution in [0, 0.1) is 0 Å². The number of imide groups is 1. The van der Waals surface area contributed by atoms with Crippen molar-refractivity contribution in [2.24, 2.45) is 0 Å². The molecule has 3 aliphatic heterocycles. The van der Waals surface area contributed by atoms with Crippen molar-refractivity contribution in [1.82, 2.24) is 15.5 Å². The number of amides is 3. The van der Waals surface area contributed by atoms with Gasteiger partial charge in [0.15, 0.2) is 0 Å². The second-order valence-electron chi connectivity index (χ2n) is 7.42. The van der Waals surface area contributed by atoms with E-state index >= 15 is 0 Å². The molecular formula is C19H24F3N5O4. The minimum atomic E-state index is -5.08. The number of alkyl halides is 3. The van der Waals surface area contributed by atoms with E-state index in [1.807, 2.05) is 18.2 Å². The molecule has 0 bridgehead atoms. The fourth-order valence-corrected chi connectivity index (χ4v) is 3.61. The molecule has 0 unspecified atom stereocenters. The molecule has 9 nitrogen and oxygen atoms in total. The van der Waals surface area contributed by atoms with Gasteiger partial charge in [-0.15, -0.1) is 0 Å². The molecule has 3 saturated heterocycles. The van der Waals surface area contributed by atoms with E-state index in [0.29, 0.717) is 19.0 Å². The van der Waals surface area contributed by atoms with E-state index in [2.05, 4.69) is 26.5 Å². The molecule has 12 heteroatoms. The lowest BCUT2D eigenvalue weighted by molar-refractivity contribution is -0.192. The van der Waals surface area contributed by atoms with E-state index in [1.165, 1.54) is 0 Å². The number of carboxylic acids is 1. The topological polar surface area (TPSA) is 105 Å². The zero-order chi connectivity index (χ0) is 22.6. The Kier molecular flexibility index (Phi) is 7.01. The minimum absolute atomic E-state index is 0.200. The minimum Gasteiger partial charge on any atom is -0.475 e. The lowest BCUT2D eigenvalue weighted by Crippen LogP contribution is -2.62. The van der Waals surface area contributed by atoms with Crippen LogP contribution in [0.1, 0.15) is 6.42 Å². The quantitative estimate of drug-likeness (QED) is 0.637. The highest BCUT2D eigenvalue weighted by Crippen LogP contribution is 2.28. The molecule has 0 aromatic heterocycles. The van der Waals surface area contributed by atoms with Crippen LogP contribution in [0.15, 0.2) is 24.3 Å². The van der Waals surface area contributed by atoms with Gasteiger partial charge in [0.2, 0.25) is 5.91 Å². The van der Waals surface area contributed by atoms with Crippen molar-refractivity contribution >= 4 is 29.3 Å². The number of anilines is 2. The highest BCUT2D eigenvalue weighted by atomic mass is 19.4. The van der Waals surface area contributed by atoms with Crippen molar-refractivity contribution in [3.05, 3.63) is 24.3 Å². The molecule has 0 saturated carbocycles. The number of carbonyl (C=O) groups is 3. The Morgan fingerprint density at radius 3 is 2.26 bits per heavy atom. The molecular weight excluding hydrogens is 419 g/mol. The van der Waals surface area contributed by atoms with E-state index in [-0.39, 0.29) is 11.9 Å². The molecule has 0 aliphatic carbocycles. The molecule has 0 atom stereocenters. The fourth-order valence-electron chi connectivity index (χ4n) is 3.61. The van der Waals surface area contributed by atoms with E-state index in [4.69, 9.17) is 9.90 Å². The van der Waals surface area contributed by atoms with Crippen LogP contribution >= 0.6 is 0 Å². The predicted octanol–water partition coefficient (Wildman–Crippen LogP) is 0.860. The van der Waals surface area contributed by atoms with Gasteiger partial charge in [0, 0.05) is 69.7 Å². The lowest BCUT2D eigenvalue weighted by Gasteiger charge is -2.48. The molecule has 31 heavy (non-hydrogen) atoms. The molecule has 3 amide bonds. The van der Waals surface area contributed by atoms with Crippen LogP contribution in [0.25, 0.3) is 0 Å². The Bertz CT molecular complexity index is 823. The van der Waals surface area contributed by atoms with Crippen LogP contribution in [-0.2, 0) is 9.59 Å². The number of carboxylic acid groups (broad SMARTS) is 1. The molecule has 1 aromatic carbocycles. The van der Waals surface area contributed by atoms with E-state index in [9.17, 15) is 22.8 Å². The molecule has 170 valence electrons. The summed E-state index contributed by atoms with van der Waals surface area (Å²) in [6.07, 6.45) is -4.73. The van der Waals surface area contributed by atoms with E-state index in [1.54, 1.807) is 4.90 Å². The van der Waals surface area contributed by atoms with E-state index < -0.39 is 12.1 Å². The number of halogens is 3. The number of nitrogens with one attached hydrogen (secondary N) is 2. The first-order chi connectivity index (χ1) is 14.6. The smallest absolute Gasteiger partial charge is 0.475 e. The average molecular weight is 443 g/mol. The molecule has 4 rings (SSSR count). The predicted molar refractivity (Wildman–Crippen MR) is 106 cm³/mol. The summed E-state index contributed by atoms with van der Waals surface area (Å²) >= 11 is 0. The SMILES string of the molecule is O=C(O)C(F)(F)F.O=C1CCN(c2cccc(N3CC(N4CCNCC4)C3)c2)C(=O)N1. The van der Waals surface area contributed by atoms with Gasteiger partial charge in [0.1, 0.15) is 0 Å². The Balaban J connectivity index is 0.000000339. The second kappa shape index (κ2) is 9.52. The summed E-state index contributed by atoms with van der Waals surface area (Å²) < 4.78 is 31.7. The average Bonchev–Trinajstić information content (AvgIpc) is 2.68. The summed E-state index contributed by atoms with van der Waals surface area (Å²) in [5.41, 5.74) is 1.99. The molecule has 3 fully saturated rings. The number of hydrogen-bond donors (Lipinski definition) is 3. The standard InChI is InChI=1S/C17H23N5O2.C2HF3O2/c23-16-4-7-22(17(24)19-16)14-3-1-2-13(10-14)21-11-15(12-21)20-8-5-18-6-9-20;3-2(4,5)1(6)7/h1-3,10,15,18H,4-9,11-12H2,(H,19,23,24);(H,6,7). The highest BCUT2D eigenvalue weighted by Gasteiger charge is 2.38. The van der Waals surface area contributed by atoms with Gasteiger partial charge in [-0.2, -0.15) is 13.2 Å². The number of piperazine rings is 1. The van der Waals surface area contributed by atoms with Gasteiger partial charge in [0.25, 0.3) is 0 Å². The third-order valence-corrected chi connectivity index (χ3v) is 5.33. The van der Waals surface area contributed by atoms with Crippen LogP contribution in [0.2, 0.25) is 0 Å². The Hall–Kier alpha value is -2.86. The van der Waals surface area contributed by atoms with Gasteiger partial charge < -0.3 is 15.3 Å². The lowest BCUT2D eigenvalue weighted by atomic mass is 10.0. The van der Waals surface area contributed by atoms with Crippen molar-refractivity contribution < 1.29 is 32.7 Å². The summed E-state index contributed by atoms with van der Waals surface area (Å²) in [7, 11) is 0. The third-order valence-electron chi connectivity index (χ3n) is 5.33. The number of aliphatic carboxylic acids is 1. The molecule has 1 aromatic rings. The van der Waals surface area contributed by atoms with Crippen LogP contribution in [0.5, 0.6) is 0 Å². The van der Waals surface area contributed by atoms with Gasteiger partial charge in [0.05, 0.1) is 0 Å². The fraction of sp³-hybridized carbons (Fsp3) is 0.526. The number of nitrogens with zero attached hydrogens (tertiary/aromatic N) is 3. The summed E-state index contributed by atoms with van der Waals surface area (Å²) in [4.78, 5) is 38.7. The highest BCUT2D eigenvalue weighted by molar-refractivity contribution is 6.05. The first-order valence-electron chi connectivity index (χ1n) is 9.86.